The number of nitrogens with one attached hydrogen (secondary N) is 1. The number of hydrogen-bond acceptors (Lipinski definition) is 4. The van der Waals surface area contributed by atoms with Crippen LogP contribution in [0.3, 0.4) is 0 Å². The number of hydrogen-bond donors (Lipinski definition) is 3. The summed E-state index contributed by atoms with van der Waals surface area (Å²) >= 11 is 0. The number of anilines is 2. The molecular weight excluding hydrogens is 244 g/mol. The Kier molecular flexibility index (Phi) is 3.59. The van der Waals surface area contributed by atoms with Crippen molar-refractivity contribution in [2.24, 2.45) is 5.73 Å². The molecule has 1 fully saturated rings. The molecule has 19 heavy (non-hydrogen) atoms. The van der Waals surface area contributed by atoms with Crippen molar-refractivity contribution in [1.29, 1.82) is 0 Å². The number of amides is 2. The van der Waals surface area contributed by atoms with E-state index in [1.54, 1.807) is 25.2 Å². The number of nitrogens with two attached hydrogens (primary N) is 2. The molecule has 2 rings (SSSR count). The van der Waals surface area contributed by atoms with Crippen molar-refractivity contribution < 1.29 is 9.59 Å². The molecule has 1 heterocycles. The van der Waals surface area contributed by atoms with E-state index in [4.69, 9.17) is 11.5 Å². The molecule has 1 saturated heterocycles. The minimum Gasteiger partial charge on any atom is -0.397 e. The Labute approximate surface area is 111 Å². The highest BCUT2D eigenvalue weighted by atomic mass is 16.2. The number of likely N-dealkylation sites (N-methyl/N-ethyl adjacent to an activating group) is 1. The minimum absolute atomic E-state index is 0.0730. The maximum atomic E-state index is 11.9. The number of carbonyl (C=O) groups excluding carboxylic acids is 2. The summed E-state index contributed by atoms with van der Waals surface area (Å²) < 4.78 is 0. The van der Waals surface area contributed by atoms with Gasteiger partial charge in [-0.15, -0.1) is 0 Å². The zero-order valence-corrected chi connectivity index (χ0v) is 10.8. The third kappa shape index (κ3) is 2.33. The van der Waals surface area contributed by atoms with Gasteiger partial charge in [0.15, 0.2) is 0 Å². The standard InChI is InChI=1S/C13H18N4O2/c1-16-13(19)10-6-3-7-17(10)11-8(12(15)18)4-2-5-9(11)14/h2,4-5,10H,3,6-7,14H2,1H3,(H2,15,18)(H,16,19). The van der Waals surface area contributed by atoms with Gasteiger partial charge in [-0.3, -0.25) is 9.59 Å². The van der Waals surface area contributed by atoms with Crippen molar-refractivity contribution >= 4 is 23.2 Å². The van der Waals surface area contributed by atoms with Crippen molar-refractivity contribution in [2.45, 2.75) is 18.9 Å². The molecule has 2 amide bonds. The molecule has 1 unspecified atom stereocenters. The number of benzene rings is 1. The fourth-order valence-electron chi connectivity index (χ4n) is 2.55. The third-order valence-corrected chi connectivity index (χ3v) is 3.42. The van der Waals surface area contributed by atoms with E-state index in [9.17, 15) is 9.59 Å². The summed E-state index contributed by atoms with van der Waals surface area (Å²) in [5.41, 5.74) is 12.7. The average molecular weight is 262 g/mol. The van der Waals surface area contributed by atoms with Crippen LogP contribution in [-0.2, 0) is 4.79 Å². The fourth-order valence-corrected chi connectivity index (χ4v) is 2.55. The Morgan fingerprint density at radius 1 is 1.42 bits per heavy atom. The summed E-state index contributed by atoms with van der Waals surface area (Å²) in [4.78, 5) is 25.3. The van der Waals surface area contributed by atoms with E-state index in [1.165, 1.54) is 0 Å². The second-order valence-corrected chi connectivity index (χ2v) is 4.57. The number of rotatable bonds is 3. The predicted molar refractivity (Wildman–Crippen MR) is 73.8 cm³/mol. The van der Waals surface area contributed by atoms with Gasteiger partial charge in [-0.1, -0.05) is 6.07 Å². The first-order chi connectivity index (χ1) is 9.06. The van der Waals surface area contributed by atoms with Crippen LogP contribution < -0.4 is 21.7 Å². The van der Waals surface area contributed by atoms with E-state index < -0.39 is 5.91 Å². The number of primary amides is 1. The van der Waals surface area contributed by atoms with E-state index in [0.717, 1.165) is 12.8 Å². The first-order valence-electron chi connectivity index (χ1n) is 6.22. The number of nitrogen functional groups attached to an aromatic ring is 1. The van der Waals surface area contributed by atoms with Crippen molar-refractivity contribution in [3.8, 4) is 0 Å². The Morgan fingerprint density at radius 3 is 2.79 bits per heavy atom. The Balaban J connectivity index is 2.46. The predicted octanol–water partition coefficient (Wildman–Crippen LogP) is 0.0825. The molecule has 1 aliphatic heterocycles. The van der Waals surface area contributed by atoms with E-state index in [0.29, 0.717) is 23.5 Å². The monoisotopic (exact) mass is 262 g/mol. The number of carbonyl (C=O) groups is 2. The van der Waals surface area contributed by atoms with Crippen LogP contribution in [-0.4, -0.2) is 31.4 Å². The third-order valence-electron chi connectivity index (χ3n) is 3.42. The van der Waals surface area contributed by atoms with Crippen LogP contribution in [0.2, 0.25) is 0 Å². The van der Waals surface area contributed by atoms with Crippen LogP contribution in [0.25, 0.3) is 0 Å². The Morgan fingerprint density at radius 2 is 2.16 bits per heavy atom. The molecule has 0 aliphatic carbocycles. The summed E-state index contributed by atoms with van der Waals surface area (Å²) in [5.74, 6) is -0.610. The van der Waals surface area contributed by atoms with Gasteiger partial charge in [0.1, 0.15) is 6.04 Å². The van der Waals surface area contributed by atoms with Crippen LogP contribution in [0.5, 0.6) is 0 Å². The molecule has 0 spiro atoms. The van der Waals surface area contributed by atoms with E-state index in [-0.39, 0.29) is 11.9 Å². The number of para-hydroxylation sites is 1. The van der Waals surface area contributed by atoms with Gasteiger partial charge >= 0.3 is 0 Å². The molecule has 1 aromatic rings. The maximum absolute atomic E-state index is 11.9. The lowest BCUT2D eigenvalue weighted by atomic mass is 10.1. The van der Waals surface area contributed by atoms with Gasteiger partial charge in [0.2, 0.25) is 5.91 Å². The summed E-state index contributed by atoms with van der Waals surface area (Å²) in [6, 6.07) is 4.73. The lowest BCUT2D eigenvalue weighted by Crippen LogP contribution is -2.43. The molecule has 1 aliphatic rings. The molecule has 102 valence electrons. The van der Waals surface area contributed by atoms with Gasteiger partial charge in [-0.25, -0.2) is 0 Å². The van der Waals surface area contributed by atoms with E-state index in [1.807, 2.05) is 4.90 Å². The van der Waals surface area contributed by atoms with Crippen LogP contribution in [0.15, 0.2) is 18.2 Å². The molecule has 0 saturated carbocycles. The second-order valence-electron chi connectivity index (χ2n) is 4.57. The molecular formula is C13H18N4O2. The minimum atomic E-state index is -0.537. The van der Waals surface area contributed by atoms with Gasteiger partial charge < -0.3 is 21.7 Å². The van der Waals surface area contributed by atoms with Crippen molar-refractivity contribution in [1.82, 2.24) is 5.32 Å². The van der Waals surface area contributed by atoms with Crippen LogP contribution in [0.4, 0.5) is 11.4 Å². The van der Waals surface area contributed by atoms with E-state index >= 15 is 0 Å². The van der Waals surface area contributed by atoms with Gasteiger partial charge in [0, 0.05) is 13.6 Å². The first kappa shape index (κ1) is 13.2. The summed E-state index contributed by atoms with van der Waals surface area (Å²) in [6.07, 6.45) is 1.62. The summed E-state index contributed by atoms with van der Waals surface area (Å²) in [5, 5.41) is 2.64. The average Bonchev–Trinajstić information content (AvgIpc) is 2.86. The topological polar surface area (TPSA) is 101 Å². The van der Waals surface area contributed by atoms with Crippen LogP contribution in [0, 0.1) is 0 Å². The van der Waals surface area contributed by atoms with Gasteiger partial charge in [0.25, 0.3) is 5.91 Å². The highest BCUT2D eigenvalue weighted by molar-refractivity contribution is 6.02. The molecule has 6 heteroatoms. The largest absolute Gasteiger partial charge is 0.397 e. The van der Waals surface area contributed by atoms with Gasteiger partial charge in [0.05, 0.1) is 16.9 Å². The highest BCUT2D eigenvalue weighted by Crippen LogP contribution is 2.33. The maximum Gasteiger partial charge on any atom is 0.250 e. The molecule has 1 aromatic carbocycles. The van der Waals surface area contributed by atoms with Gasteiger partial charge in [-0.2, -0.15) is 0 Å². The molecule has 0 aromatic heterocycles. The lowest BCUT2D eigenvalue weighted by Gasteiger charge is -2.28. The molecule has 0 radical (unpaired) electrons. The van der Waals surface area contributed by atoms with Crippen LogP contribution in [0.1, 0.15) is 23.2 Å². The zero-order valence-electron chi connectivity index (χ0n) is 10.8. The lowest BCUT2D eigenvalue weighted by molar-refractivity contribution is -0.121. The SMILES string of the molecule is CNC(=O)C1CCCN1c1c(N)cccc1C(N)=O. The highest BCUT2D eigenvalue weighted by Gasteiger charge is 2.33. The number of nitrogens with zero attached hydrogens (tertiary/aromatic N) is 1. The molecule has 6 nitrogen and oxygen atoms in total. The Hall–Kier alpha value is -2.24. The Bertz CT molecular complexity index is 515. The normalized spacial score (nSPS) is 18.4. The first-order valence-corrected chi connectivity index (χ1v) is 6.22. The van der Waals surface area contributed by atoms with Crippen LogP contribution >= 0.6 is 0 Å². The summed E-state index contributed by atoms with van der Waals surface area (Å²) in [7, 11) is 1.60. The van der Waals surface area contributed by atoms with Crippen molar-refractivity contribution in [3.05, 3.63) is 23.8 Å². The smallest absolute Gasteiger partial charge is 0.250 e. The van der Waals surface area contributed by atoms with Crippen molar-refractivity contribution in [2.75, 3.05) is 24.2 Å². The second kappa shape index (κ2) is 5.17. The van der Waals surface area contributed by atoms with E-state index in [2.05, 4.69) is 5.32 Å². The molecule has 0 bridgehead atoms. The van der Waals surface area contributed by atoms with Gasteiger partial charge in [-0.05, 0) is 25.0 Å². The fraction of sp³-hybridized carbons (Fsp3) is 0.385. The van der Waals surface area contributed by atoms with Crippen molar-refractivity contribution in [3.63, 3.8) is 0 Å². The quantitative estimate of drug-likeness (QED) is 0.671. The summed E-state index contributed by atoms with van der Waals surface area (Å²) in [6.45, 7) is 0.687. The molecule has 5 N–H and O–H groups in total. The zero-order chi connectivity index (χ0) is 14.0. The molecule has 1 atom stereocenters.